The molecule has 108 valence electrons. The first kappa shape index (κ1) is 13.9. The molecule has 0 N–H and O–H groups in total. The fraction of sp³-hybridized carbons (Fsp3) is 0.667. The van der Waals surface area contributed by atoms with Crippen molar-refractivity contribution in [2.24, 2.45) is 0 Å². The molecular formula is C15H22BNO3. The lowest BCUT2D eigenvalue weighted by Crippen LogP contribution is -2.41. The largest absolute Gasteiger partial charge is 0.496 e. The molecule has 0 saturated carbocycles. The van der Waals surface area contributed by atoms with Crippen molar-refractivity contribution in [2.75, 3.05) is 0 Å². The van der Waals surface area contributed by atoms with E-state index in [0.29, 0.717) is 0 Å². The number of hydrogen-bond donors (Lipinski definition) is 0. The van der Waals surface area contributed by atoms with Crippen LogP contribution in [0.25, 0.3) is 0 Å². The van der Waals surface area contributed by atoms with Gasteiger partial charge in [0.15, 0.2) is 0 Å². The maximum Gasteiger partial charge on any atom is 0.496 e. The van der Waals surface area contributed by atoms with Gasteiger partial charge in [-0.15, -0.1) is 0 Å². The highest BCUT2D eigenvalue weighted by Gasteiger charge is 2.52. The first-order valence-corrected chi connectivity index (χ1v) is 7.33. The Morgan fingerprint density at radius 2 is 1.80 bits per heavy atom. The van der Waals surface area contributed by atoms with Crippen molar-refractivity contribution in [1.29, 1.82) is 0 Å². The zero-order valence-electron chi connectivity index (χ0n) is 12.9. The Bertz CT molecular complexity index is 590. The molecule has 4 nitrogen and oxygen atoms in total. The van der Waals surface area contributed by atoms with Crippen LogP contribution in [0.2, 0.25) is 0 Å². The van der Waals surface area contributed by atoms with Gasteiger partial charge in [0.2, 0.25) is 0 Å². The van der Waals surface area contributed by atoms with Crippen LogP contribution in [0, 0.1) is 0 Å². The van der Waals surface area contributed by atoms with Crippen molar-refractivity contribution >= 4 is 12.6 Å². The van der Waals surface area contributed by atoms with Crippen LogP contribution in [0.1, 0.15) is 52.8 Å². The van der Waals surface area contributed by atoms with E-state index in [0.717, 1.165) is 24.0 Å². The third-order valence-electron chi connectivity index (χ3n) is 5.01. The average molecular weight is 275 g/mol. The smallest absolute Gasteiger partial charge is 0.399 e. The number of rotatable bonds is 1. The standard InChI is InChI=1S/C15H22BNO3/c1-10-6-8-12-11(7-9-13(18)17(10)12)16-19-14(2,3)15(4,5)20-16/h7,9-10H,6,8H2,1-5H3. The second-order valence-electron chi connectivity index (χ2n) is 6.92. The lowest BCUT2D eigenvalue weighted by atomic mass is 9.77. The van der Waals surface area contributed by atoms with E-state index in [1.807, 2.05) is 38.3 Å². The van der Waals surface area contributed by atoms with Crippen LogP contribution in [0.5, 0.6) is 0 Å². The number of aromatic nitrogens is 1. The van der Waals surface area contributed by atoms with E-state index in [9.17, 15) is 4.79 Å². The summed E-state index contributed by atoms with van der Waals surface area (Å²) in [6, 6.07) is 3.76. The summed E-state index contributed by atoms with van der Waals surface area (Å²) in [5, 5.41) is 0. The second kappa shape index (κ2) is 4.21. The molecule has 0 radical (unpaired) electrons. The molecule has 0 aromatic carbocycles. The van der Waals surface area contributed by atoms with Crippen LogP contribution in [0.15, 0.2) is 16.9 Å². The molecule has 1 aromatic rings. The van der Waals surface area contributed by atoms with Gasteiger partial charge in [0, 0.05) is 23.3 Å². The molecule has 0 amide bonds. The first-order valence-electron chi connectivity index (χ1n) is 7.33. The summed E-state index contributed by atoms with van der Waals surface area (Å²) in [5.41, 5.74) is 1.45. The van der Waals surface area contributed by atoms with E-state index >= 15 is 0 Å². The predicted octanol–water partition coefficient (Wildman–Crippen LogP) is 1.65. The van der Waals surface area contributed by atoms with Crippen molar-refractivity contribution < 1.29 is 9.31 Å². The van der Waals surface area contributed by atoms with Gasteiger partial charge >= 0.3 is 7.12 Å². The molecule has 20 heavy (non-hydrogen) atoms. The van der Waals surface area contributed by atoms with Gasteiger partial charge in [-0.1, -0.05) is 6.07 Å². The van der Waals surface area contributed by atoms with E-state index in [1.165, 1.54) is 0 Å². The van der Waals surface area contributed by atoms with Gasteiger partial charge in [0.1, 0.15) is 0 Å². The first-order chi connectivity index (χ1) is 9.23. The quantitative estimate of drug-likeness (QED) is 0.732. The Balaban J connectivity index is 2.04. The van der Waals surface area contributed by atoms with E-state index in [2.05, 4.69) is 6.92 Å². The molecule has 1 fully saturated rings. The summed E-state index contributed by atoms with van der Waals surface area (Å²) in [5.74, 6) is 0. The van der Waals surface area contributed by atoms with E-state index in [-0.39, 0.29) is 29.9 Å². The molecule has 1 aromatic heterocycles. The van der Waals surface area contributed by atoms with Crippen LogP contribution >= 0.6 is 0 Å². The molecule has 5 heteroatoms. The zero-order chi connectivity index (χ0) is 14.7. The van der Waals surface area contributed by atoms with Gasteiger partial charge in [0.05, 0.1) is 11.2 Å². The van der Waals surface area contributed by atoms with Gasteiger partial charge in [-0.2, -0.15) is 0 Å². The van der Waals surface area contributed by atoms with Gasteiger partial charge < -0.3 is 13.9 Å². The molecule has 2 aliphatic rings. The van der Waals surface area contributed by atoms with Gasteiger partial charge in [-0.3, -0.25) is 4.79 Å². The average Bonchev–Trinajstić information content (AvgIpc) is 2.80. The molecule has 0 spiro atoms. The number of nitrogens with zero attached hydrogens (tertiary/aromatic N) is 1. The van der Waals surface area contributed by atoms with Gasteiger partial charge in [0.25, 0.3) is 5.56 Å². The van der Waals surface area contributed by atoms with Crippen molar-refractivity contribution in [2.45, 2.75) is 64.7 Å². The SMILES string of the molecule is CC1CCc2c(B3OC(C)(C)C(C)(C)O3)ccc(=O)n21. The predicted molar refractivity (Wildman–Crippen MR) is 79.5 cm³/mol. The minimum atomic E-state index is -0.382. The fourth-order valence-electron chi connectivity index (χ4n) is 3.02. The van der Waals surface area contributed by atoms with E-state index < -0.39 is 0 Å². The Hall–Kier alpha value is -1.07. The maximum atomic E-state index is 12.0. The molecule has 3 heterocycles. The molecule has 1 unspecified atom stereocenters. The highest BCUT2D eigenvalue weighted by atomic mass is 16.7. The van der Waals surface area contributed by atoms with Crippen molar-refractivity contribution in [1.82, 2.24) is 4.57 Å². The van der Waals surface area contributed by atoms with Crippen molar-refractivity contribution in [3.63, 3.8) is 0 Å². The maximum absolute atomic E-state index is 12.0. The fourth-order valence-corrected chi connectivity index (χ4v) is 3.02. The summed E-state index contributed by atoms with van der Waals surface area (Å²) in [6.07, 6.45) is 1.92. The second-order valence-corrected chi connectivity index (χ2v) is 6.92. The lowest BCUT2D eigenvalue weighted by Gasteiger charge is -2.32. The monoisotopic (exact) mass is 275 g/mol. The molecule has 1 atom stereocenters. The van der Waals surface area contributed by atoms with Gasteiger partial charge in [-0.25, -0.2) is 0 Å². The summed E-state index contributed by atoms with van der Waals surface area (Å²) in [4.78, 5) is 12.0. The molecule has 3 rings (SSSR count). The summed E-state index contributed by atoms with van der Waals surface area (Å²) >= 11 is 0. The van der Waals surface area contributed by atoms with Crippen LogP contribution in [-0.2, 0) is 15.7 Å². The summed E-state index contributed by atoms with van der Waals surface area (Å²) in [7, 11) is -0.382. The molecule has 1 saturated heterocycles. The van der Waals surface area contributed by atoms with Crippen LogP contribution < -0.4 is 11.0 Å². The lowest BCUT2D eigenvalue weighted by molar-refractivity contribution is 0.00578. The Morgan fingerprint density at radius 1 is 1.20 bits per heavy atom. The Morgan fingerprint density at radius 3 is 2.40 bits per heavy atom. The van der Waals surface area contributed by atoms with Crippen molar-refractivity contribution in [3.8, 4) is 0 Å². The van der Waals surface area contributed by atoms with E-state index in [1.54, 1.807) is 6.07 Å². The Kier molecular flexibility index (Phi) is 2.93. The van der Waals surface area contributed by atoms with Crippen molar-refractivity contribution in [3.05, 3.63) is 28.2 Å². The van der Waals surface area contributed by atoms with E-state index in [4.69, 9.17) is 9.31 Å². The minimum absolute atomic E-state index is 0.0743. The Labute approximate surface area is 120 Å². The molecule has 0 bridgehead atoms. The number of hydrogen-bond acceptors (Lipinski definition) is 3. The third kappa shape index (κ3) is 1.87. The summed E-state index contributed by atoms with van der Waals surface area (Å²) < 4.78 is 14.1. The number of pyridine rings is 1. The van der Waals surface area contributed by atoms with Crippen LogP contribution in [0.3, 0.4) is 0 Å². The molecular weight excluding hydrogens is 253 g/mol. The zero-order valence-corrected chi connectivity index (χ0v) is 12.9. The highest BCUT2D eigenvalue weighted by molar-refractivity contribution is 6.62. The number of fused-ring (bicyclic) bond motifs is 1. The van der Waals surface area contributed by atoms with Gasteiger partial charge in [-0.05, 0) is 47.5 Å². The third-order valence-corrected chi connectivity index (χ3v) is 5.01. The molecule has 2 aliphatic heterocycles. The van der Waals surface area contributed by atoms with Crippen LogP contribution in [0.4, 0.5) is 0 Å². The van der Waals surface area contributed by atoms with Crippen LogP contribution in [-0.4, -0.2) is 22.9 Å². The highest BCUT2D eigenvalue weighted by Crippen LogP contribution is 2.37. The normalized spacial score (nSPS) is 26.9. The topological polar surface area (TPSA) is 40.5 Å². The molecule has 0 aliphatic carbocycles. The minimum Gasteiger partial charge on any atom is -0.399 e. The summed E-state index contributed by atoms with van der Waals surface area (Å²) in [6.45, 7) is 10.3.